The van der Waals surface area contributed by atoms with Gasteiger partial charge in [-0.05, 0) is 25.8 Å². The maximum atomic E-state index is 12.3. The summed E-state index contributed by atoms with van der Waals surface area (Å²) in [5, 5.41) is 6.53. The van der Waals surface area contributed by atoms with E-state index in [1.54, 1.807) is 0 Å². The number of quaternary nitrogens is 1. The Bertz CT molecular complexity index is 593. The quantitative estimate of drug-likeness (QED) is 0.0845. The zero-order chi connectivity index (χ0) is 28.4. The van der Waals surface area contributed by atoms with Gasteiger partial charge in [-0.25, -0.2) is 0 Å². The van der Waals surface area contributed by atoms with Gasteiger partial charge in [0.05, 0.1) is 20.6 Å². The van der Waals surface area contributed by atoms with Crippen LogP contribution in [0, 0.1) is 0 Å². The summed E-state index contributed by atoms with van der Waals surface area (Å²) in [5.74, 6) is 0.569. The first kappa shape index (κ1) is 36.1. The number of Topliss-reactive ketones (excluding diaryl/α,β-unsaturated/α-hetero) is 1. The molecule has 1 saturated heterocycles. The second kappa shape index (κ2) is 24.8. The predicted octanol–water partition coefficient (Wildman–Crippen LogP) is 8.10. The number of carbonyl (C=O) groups is 2. The highest BCUT2D eigenvalue weighted by molar-refractivity contribution is 5.84. The summed E-state index contributed by atoms with van der Waals surface area (Å²) in [4.78, 5) is 24.5. The van der Waals surface area contributed by atoms with Crippen LogP contribution < -0.4 is 10.6 Å². The molecule has 5 nitrogen and oxygen atoms in total. The van der Waals surface area contributed by atoms with Gasteiger partial charge < -0.3 is 15.1 Å². The highest BCUT2D eigenvalue weighted by Gasteiger charge is 2.28. The zero-order valence-electron chi connectivity index (χ0n) is 26.6. The highest BCUT2D eigenvalue weighted by atomic mass is 16.1. The lowest BCUT2D eigenvalue weighted by Crippen LogP contribution is -2.53. The maximum Gasteiger partial charge on any atom is 0.219 e. The van der Waals surface area contributed by atoms with Gasteiger partial charge in [0.1, 0.15) is 12.6 Å². The molecule has 230 valence electrons. The first-order chi connectivity index (χ1) is 18.9. The number of hydrogen-bond acceptors (Lipinski definition) is 3. The molecule has 1 fully saturated rings. The second-order valence-corrected chi connectivity index (χ2v) is 13.1. The fourth-order valence-corrected chi connectivity index (χ4v) is 5.93. The molecule has 1 aliphatic heterocycles. The lowest BCUT2D eigenvalue weighted by atomic mass is 10.0. The normalized spacial score (nSPS) is 16.4. The smallest absolute Gasteiger partial charge is 0.219 e. The van der Waals surface area contributed by atoms with Crippen molar-refractivity contribution < 1.29 is 14.1 Å². The van der Waals surface area contributed by atoms with Gasteiger partial charge in [0.25, 0.3) is 0 Å². The van der Waals surface area contributed by atoms with Crippen LogP contribution in [0.25, 0.3) is 0 Å². The van der Waals surface area contributed by atoms with Crippen LogP contribution in [0.1, 0.15) is 161 Å². The van der Waals surface area contributed by atoms with Crippen LogP contribution >= 0.6 is 0 Å². The molecular formula is C34H68N3O2+. The molecule has 0 aromatic rings. The van der Waals surface area contributed by atoms with Crippen molar-refractivity contribution in [2.45, 2.75) is 167 Å². The first-order valence-electron chi connectivity index (χ1n) is 17.3. The van der Waals surface area contributed by atoms with Crippen LogP contribution in [0.3, 0.4) is 0 Å². The number of ketones is 1. The number of unbranched alkanes of at least 4 members (excludes halogenated alkanes) is 18. The van der Waals surface area contributed by atoms with Crippen molar-refractivity contribution >= 4 is 11.7 Å². The minimum absolute atomic E-state index is 0.00791. The van der Waals surface area contributed by atoms with Gasteiger partial charge in [0.15, 0.2) is 5.78 Å². The Morgan fingerprint density at radius 3 is 1.74 bits per heavy atom. The fourth-order valence-electron chi connectivity index (χ4n) is 5.93. The van der Waals surface area contributed by atoms with Crippen molar-refractivity contribution in [3.63, 3.8) is 0 Å². The van der Waals surface area contributed by atoms with Crippen molar-refractivity contribution in [1.29, 1.82) is 0 Å². The molecule has 0 aliphatic carbocycles. The number of nitrogens with zero attached hydrogens (tertiary/aromatic N) is 1. The van der Waals surface area contributed by atoms with Crippen LogP contribution in [0.4, 0.5) is 0 Å². The fraction of sp³-hybridized carbons (Fsp3) is 0.941. The van der Waals surface area contributed by atoms with Crippen LogP contribution in [-0.4, -0.2) is 62.5 Å². The van der Waals surface area contributed by atoms with E-state index < -0.39 is 0 Å². The lowest BCUT2D eigenvalue weighted by Gasteiger charge is -2.33. The van der Waals surface area contributed by atoms with Gasteiger partial charge in [-0.3, -0.25) is 9.59 Å². The summed E-state index contributed by atoms with van der Waals surface area (Å²) in [7, 11) is 4.39. The SMILES string of the molecule is CCCCCCCCCCCCCCCCCCCCCC(=O)NCCC[N+](C)(C)CC1NCCCCC1=O. The number of amides is 1. The minimum atomic E-state index is -0.00791. The Kier molecular flexibility index (Phi) is 23.0. The largest absolute Gasteiger partial charge is 0.356 e. The summed E-state index contributed by atoms with van der Waals surface area (Å²) in [5.41, 5.74) is 0. The Labute approximate surface area is 243 Å². The molecular weight excluding hydrogens is 482 g/mol. The third-order valence-electron chi connectivity index (χ3n) is 8.58. The Hall–Kier alpha value is -0.940. The van der Waals surface area contributed by atoms with Crippen LogP contribution in [0.2, 0.25) is 0 Å². The summed E-state index contributed by atoms with van der Waals surface area (Å²) >= 11 is 0. The Morgan fingerprint density at radius 1 is 0.744 bits per heavy atom. The van der Waals surface area contributed by atoms with E-state index in [-0.39, 0.29) is 11.9 Å². The highest BCUT2D eigenvalue weighted by Crippen LogP contribution is 2.15. The van der Waals surface area contributed by atoms with Crippen molar-refractivity contribution in [3.05, 3.63) is 0 Å². The van der Waals surface area contributed by atoms with E-state index in [0.29, 0.717) is 18.6 Å². The van der Waals surface area contributed by atoms with Crippen molar-refractivity contribution in [1.82, 2.24) is 10.6 Å². The molecule has 0 bridgehead atoms. The molecule has 0 radical (unpaired) electrons. The van der Waals surface area contributed by atoms with Gasteiger partial charge >= 0.3 is 0 Å². The second-order valence-electron chi connectivity index (χ2n) is 13.1. The van der Waals surface area contributed by atoms with Crippen LogP contribution in [0.5, 0.6) is 0 Å². The predicted molar refractivity (Wildman–Crippen MR) is 168 cm³/mol. The summed E-state index contributed by atoms with van der Waals surface area (Å²) in [6.07, 6.45) is 30.6. The molecule has 5 heteroatoms. The van der Waals surface area contributed by atoms with E-state index in [1.807, 2.05) is 0 Å². The summed E-state index contributed by atoms with van der Waals surface area (Å²) < 4.78 is 0.818. The molecule has 1 unspecified atom stereocenters. The molecule has 1 aliphatic rings. The summed E-state index contributed by atoms with van der Waals surface area (Å²) in [6.45, 7) is 5.80. The van der Waals surface area contributed by atoms with Crippen molar-refractivity contribution in [3.8, 4) is 0 Å². The zero-order valence-corrected chi connectivity index (χ0v) is 26.6. The number of nitrogens with one attached hydrogen (secondary N) is 2. The standard InChI is InChI=1S/C34H67N3O2/c1-4-5-6-7-8-9-10-11-12-13-14-15-16-17-18-19-20-21-22-27-34(39)36-29-25-30-37(2,3)31-32-33(38)26-23-24-28-35-32/h32,35H,4-31H2,1-3H3/p+1. The number of hydrogen-bond donors (Lipinski definition) is 2. The van der Waals surface area contributed by atoms with E-state index in [1.165, 1.54) is 116 Å². The van der Waals surface area contributed by atoms with E-state index in [2.05, 4.69) is 31.7 Å². The topological polar surface area (TPSA) is 58.2 Å². The molecule has 1 amide bonds. The lowest BCUT2D eigenvalue weighted by molar-refractivity contribution is -0.890. The summed E-state index contributed by atoms with van der Waals surface area (Å²) in [6, 6.07) is -0.00791. The van der Waals surface area contributed by atoms with E-state index >= 15 is 0 Å². The number of carbonyl (C=O) groups excluding carboxylic acids is 2. The molecule has 2 N–H and O–H groups in total. The molecule has 1 atom stereocenters. The van der Waals surface area contributed by atoms with E-state index in [4.69, 9.17) is 0 Å². The van der Waals surface area contributed by atoms with Crippen molar-refractivity contribution in [2.75, 3.05) is 40.3 Å². The number of rotatable bonds is 26. The van der Waals surface area contributed by atoms with Gasteiger partial charge in [0.2, 0.25) is 5.91 Å². The van der Waals surface area contributed by atoms with Gasteiger partial charge in [-0.15, -0.1) is 0 Å². The van der Waals surface area contributed by atoms with Crippen molar-refractivity contribution in [2.24, 2.45) is 0 Å². The monoisotopic (exact) mass is 551 g/mol. The van der Waals surface area contributed by atoms with E-state index in [0.717, 1.165) is 56.3 Å². The third-order valence-corrected chi connectivity index (χ3v) is 8.58. The third kappa shape index (κ3) is 22.4. The molecule has 0 spiro atoms. The number of likely N-dealkylation sites (N-methyl/N-ethyl adjacent to an activating group) is 1. The van der Waals surface area contributed by atoms with Gasteiger partial charge in [-0.1, -0.05) is 122 Å². The molecule has 0 saturated carbocycles. The molecule has 39 heavy (non-hydrogen) atoms. The van der Waals surface area contributed by atoms with Gasteiger partial charge in [-0.2, -0.15) is 0 Å². The maximum absolute atomic E-state index is 12.3. The Balaban J connectivity index is 1.83. The van der Waals surface area contributed by atoms with Crippen LogP contribution in [-0.2, 0) is 9.59 Å². The first-order valence-corrected chi connectivity index (χ1v) is 17.3. The average molecular weight is 551 g/mol. The average Bonchev–Trinajstić information content (AvgIpc) is 3.11. The van der Waals surface area contributed by atoms with Gasteiger partial charge in [0, 0.05) is 25.8 Å². The molecule has 0 aromatic carbocycles. The van der Waals surface area contributed by atoms with E-state index in [9.17, 15) is 9.59 Å². The molecule has 1 rings (SSSR count). The minimum Gasteiger partial charge on any atom is -0.356 e. The Morgan fingerprint density at radius 2 is 1.23 bits per heavy atom. The molecule has 1 heterocycles. The van der Waals surface area contributed by atoms with Crippen LogP contribution in [0.15, 0.2) is 0 Å². The molecule has 0 aromatic heterocycles.